The van der Waals surface area contributed by atoms with Crippen molar-refractivity contribution in [3.63, 3.8) is 0 Å². The van der Waals surface area contributed by atoms with Crippen LogP contribution in [0.3, 0.4) is 0 Å². The Morgan fingerprint density at radius 1 is 1.25 bits per heavy atom. The number of benzene rings is 1. The summed E-state index contributed by atoms with van der Waals surface area (Å²) in [6, 6.07) is 8.63. The average molecular weight is 276 g/mol. The van der Waals surface area contributed by atoms with Gasteiger partial charge in [0.05, 0.1) is 7.11 Å². The van der Waals surface area contributed by atoms with Crippen molar-refractivity contribution in [3.05, 3.63) is 57.6 Å². The predicted octanol–water partition coefficient (Wildman–Crippen LogP) is 2.03. The number of aliphatic hydroxyl groups is 1. The zero-order chi connectivity index (χ0) is 14.5. The Hall–Kier alpha value is -2.27. The number of rotatable bonds is 5. The molecule has 0 aliphatic rings. The van der Waals surface area contributed by atoms with E-state index >= 15 is 0 Å². The van der Waals surface area contributed by atoms with Crippen molar-refractivity contribution in [1.29, 1.82) is 0 Å². The maximum atomic E-state index is 11.8. The highest BCUT2D eigenvalue weighted by atomic mass is 16.5. The van der Waals surface area contributed by atoms with Gasteiger partial charge in [-0.05, 0) is 24.6 Å². The minimum absolute atomic E-state index is 0.0499. The molecule has 0 saturated heterocycles. The number of ether oxygens (including phenoxy) is 2. The minimum Gasteiger partial charge on any atom is -0.497 e. The number of aryl methyl sites for hydroxylation is 1. The van der Waals surface area contributed by atoms with Crippen LogP contribution in [0.25, 0.3) is 0 Å². The van der Waals surface area contributed by atoms with Gasteiger partial charge in [0.25, 0.3) is 0 Å². The van der Waals surface area contributed by atoms with Gasteiger partial charge in [-0.25, -0.2) is 0 Å². The summed E-state index contributed by atoms with van der Waals surface area (Å²) < 4.78 is 15.8. The molecule has 0 radical (unpaired) electrons. The van der Waals surface area contributed by atoms with Crippen LogP contribution in [-0.4, -0.2) is 12.2 Å². The summed E-state index contributed by atoms with van der Waals surface area (Å²) in [5.41, 5.74) is 0.584. The monoisotopic (exact) mass is 276 g/mol. The van der Waals surface area contributed by atoms with E-state index in [0.29, 0.717) is 5.76 Å². The van der Waals surface area contributed by atoms with Gasteiger partial charge in [-0.2, -0.15) is 0 Å². The lowest BCUT2D eigenvalue weighted by atomic mass is 10.2. The number of hydrogen-bond acceptors (Lipinski definition) is 5. The topological polar surface area (TPSA) is 68.9 Å². The summed E-state index contributed by atoms with van der Waals surface area (Å²) >= 11 is 0. The molecule has 2 aromatic rings. The average Bonchev–Trinajstić information content (AvgIpc) is 2.46. The number of methoxy groups -OCH3 is 1. The molecule has 0 fully saturated rings. The molecule has 0 bridgehead atoms. The summed E-state index contributed by atoms with van der Waals surface area (Å²) in [7, 11) is 1.59. The Bertz CT molecular complexity index is 628. The largest absolute Gasteiger partial charge is 0.497 e. The molecule has 1 N–H and O–H groups in total. The highest BCUT2D eigenvalue weighted by molar-refractivity contribution is 5.29. The SMILES string of the molecule is COc1ccc(COc2c(CO)oc(C)cc2=O)cc1. The second-order valence-electron chi connectivity index (χ2n) is 4.27. The van der Waals surface area contributed by atoms with Crippen LogP contribution < -0.4 is 14.9 Å². The molecular weight excluding hydrogens is 260 g/mol. The van der Waals surface area contributed by atoms with Gasteiger partial charge < -0.3 is 19.0 Å². The first kappa shape index (κ1) is 14.1. The Kier molecular flexibility index (Phi) is 4.42. The maximum Gasteiger partial charge on any atom is 0.227 e. The fourth-order valence-corrected chi connectivity index (χ4v) is 1.79. The first-order chi connectivity index (χ1) is 9.63. The molecule has 0 atom stereocenters. The van der Waals surface area contributed by atoms with Gasteiger partial charge in [0.15, 0.2) is 5.76 Å². The van der Waals surface area contributed by atoms with Gasteiger partial charge in [0.2, 0.25) is 11.2 Å². The Morgan fingerprint density at radius 2 is 1.95 bits per heavy atom. The van der Waals surface area contributed by atoms with E-state index < -0.39 is 0 Å². The van der Waals surface area contributed by atoms with Crippen LogP contribution in [0, 0.1) is 6.92 Å². The second-order valence-corrected chi connectivity index (χ2v) is 4.27. The van der Waals surface area contributed by atoms with Crippen molar-refractivity contribution in [2.75, 3.05) is 7.11 Å². The molecule has 0 amide bonds. The fraction of sp³-hybridized carbons (Fsp3) is 0.267. The van der Waals surface area contributed by atoms with Gasteiger partial charge >= 0.3 is 0 Å². The molecule has 5 heteroatoms. The molecule has 0 saturated carbocycles. The molecule has 0 unspecified atom stereocenters. The lowest BCUT2D eigenvalue weighted by Gasteiger charge is -2.09. The Morgan fingerprint density at radius 3 is 2.55 bits per heavy atom. The van der Waals surface area contributed by atoms with Gasteiger partial charge in [-0.3, -0.25) is 4.79 Å². The Balaban J connectivity index is 2.16. The minimum atomic E-state index is -0.380. The quantitative estimate of drug-likeness (QED) is 0.905. The van der Waals surface area contributed by atoms with E-state index in [1.54, 1.807) is 14.0 Å². The van der Waals surface area contributed by atoms with E-state index in [1.165, 1.54) is 6.07 Å². The highest BCUT2D eigenvalue weighted by Crippen LogP contribution is 2.17. The van der Waals surface area contributed by atoms with Crippen LogP contribution in [0.1, 0.15) is 17.1 Å². The van der Waals surface area contributed by atoms with Crippen LogP contribution in [0.2, 0.25) is 0 Å². The van der Waals surface area contributed by atoms with Gasteiger partial charge in [0, 0.05) is 6.07 Å². The first-order valence-corrected chi connectivity index (χ1v) is 6.14. The molecular formula is C15H16O5. The molecule has 0 aliphatic heterocycles. The lowest BCUT2D eigenvalue weighted by molar-refractivity contribution is 0.215. The van der Waals surface area contributed by atoms with Crippen LogP contribution in [0.4, 0.5) is 0 Å². The maximum absolute atomic E-state index is 11.8. The van der Waals surface area contributed by atoms with Crippen molar-refractivity contribution >= 4 is 0 Å². The van der Waals surface area contributed by atoms with E-state index in [4.69, 9.17) is 13.9 Å². The number of aliphatic hydroxyl groups excluding tert-OH is 1. The van der Waals surface area contributed by atoms with Gasteiger partial charge in [-0.1, -0.05) is 12.1 Å². The van der Waals surface area contributed by atoms with Crippen LogP contribution in [0.5, 0.6) is 11.5 Å². The summed E-state index contributed by atoms with van der Waals surface area (Å²) in [6.07, 6.45) is 0. The van der Waals surface area contributed by atoms with E-state index in [1.807, 2.05) is 24.3 Å². The molecule has 1 heterocycles. The molecule has 5 nitrogen and oxygen atoms in total. The fourth-order valence-electron chi connectivity index (χ4n) is 1.79. The summed E-state index contributed by atoms with van der Waals surface area (Å²) in [5.74, 6) is 1.38. The first-order valence-electron chi connectivity index (χ1n) is 6.14. The summed E-state index contributed by atoms with van der Waals surface area (Å²) in [5, 5.41) is 9.20. The smallest absolute Gasteiger partial charge is 0.227 e. The zero-order valence-corrected chi connectivity index (χ0v) is 11.4. The normalized spacial score (nSPS) is 10.3. The molecule has 0 spiro atoms. The van der Waals surface area contributed by atoms with Gasteiger partial charge in [-0.15, -0.1) is 0 Å². The lowest BCUT2D eigenvalue weighted by Crippen LogP contribution is -2.11. The van der Waals surface area contributed by atoms with Crippen LogP contribution in [0.15, 0.2) is 39.5 Å². The molecule has 2 rings (SSSR count). The third-order valence-corrected chi connectivity index (χ3v) is 2.78. The molecule has 1 aromatic carbocycles. The molecule has 1 aromatic heterocycles. The van der Waals surface area contributed by atoms with E-state index in [9.17, 15) is 9.90 Å². The molecule has 20 heavy (non-hydrogen) atoms. The van der Waals surface area contributed by atoms with Crippen LogP contribution >= 0.6 is 0 Å². The third-order valence-electron chi connectivity index (χ3n) is 2.78. The van der Waals surface area contributed by atoms with Crippen molar-refractivity contribution in [2.45, 2.75) is 20.1 Å². The van der Waals surface area contributed by atoms with E-state index in [-0.39, 0.29) is 30.2 Å². The number of hydrogen-bond donors (Lipinski definition) is 1. The van der Waals surface area contributed by atoms with Crippen molar-refractivity contribution < 1.29 is 19.0 Å². The molecule has 0 aliphatic carbocycles. The van der Waals surface area contributed by atoms with E-state index in [0.717, 1.165) is 11.3 Å². The third kappa shape index (κ3) is 3.19. The van der Waals surface area contributed by atoms with E-state index in [2.05, 4.69) is 0 Å². The standard InChI is InChI=1S/C15H16O5/c1-10-7-13(17)15(14(8-16)20-10)19-9-11-3-5-12(18-2)6-4-11/h3-7,16H,8-9H2,1-2H3. The summed E-state index contributed by atoms with van der Waals surface area (Å²) in [4.78, 5) is 11.8. The zero-order valence-electron chi connectivity index (χ0n) is 11.4. The van der Waals surface area contributed by atoms with Crippen molar-refractivity contribution in [3.8, 4) is 11.5 Å². The van der Waals surface area contributed by atoms with Crippen molar-refractivity contribution in [2.24, 2.45) is 0 Å². The van der Waals surface area contributed by atoms with Gasteiger partial charge in [0.1, 0.15) is 24.7 Å². The Labute approximate surface area is 116 Å². The second kappa shape index (κ2) is 6.25. The highest BCUT2D eigenvalue weighted by Gasteiger charge is 2.11. The predicted molar refractivity (Wildman–Crippen MR) is 73.0 cm³/mol. The summed E-state index contributed by atoms with van der Waals surface area (Å²) in [6.45, 7) is 1.48. The molecule has 106 valence electrons. The van der Waals surface area contributed by atoms with Crippen LogP contribution in [-0.2, 0) is 13.2 Å². The van der Waals surface area contributed by atoms with Crippen molar-refractivity contribution in [1.82, 2.24) is 0 Å².